The zero-order chi connectivity index (χ0) is 21.7. The number of hydrogen-bond donors (Lipinski definition) is 3. The molecule has 2 aromatic heterocycles. The van der Waals surface area contributed by atoms with Crippen molar-refractivity contribution in [2.24, 2.45) is 10.7 Å². The van der Waals surface area contributed by atoms with Crippen LogP contribution in [-0.4, -0.2) is 40.6 Å². The summed E-state index contributed by atoms with van der Waals surface area (Å²) in [7, 11) is 1.61. The molecule has 9 heteroatoms. The third-order valence-corrected chi connectivity index (χ3v) is 5.38. The summed E-state index contributed by atoms with van der Waals surface area (Å²) in [5.74, 6) is 0.540. The first-order valence-corrected chi connectivity index (χ1v) is 10.2. The van der Waals surface area contributed by atoms with Gasteiger partial charge in [-0.25, -0.2) is 13.8 Å². The number of rotatable bonds is 7. The van der Waals surface area contributed by atoms with Crippen molar-refractivity contribution in [2.75, 3.05) is 12.4 Å². The van der Waals surface area contributed by atoms with Gasteiger partial charge in [0.2, 0.25) is 0 Å². The van der Waals surface area contributed by atoms with E-state index in [-0.39, 0.29) is 23.7 Å². The van der Waals surface area contributed by atoms with Gasteiger partial charge >= 0.3 is 0 Å². The Morgan fingerprint density at radius 3 is 2.67 bits per heavy atom. The van der Waals surface area contributed by atoms with Crippen LogP contribution in [0, 0.1) is 0 Å². The van der Waals surface area contributed by atoms with E-state index in [0.29, 0.717) is 23.3 Å². The van der Waals surface area contributed by atoms with Crippen molar-refractivity contribution < 1.29 is 13.6 Å². The van der Waals surface area contributed by atoms with Gasteiger partial charge in [0.05, 0.1) is 5.57 Å². The summed E-state index contributed by atoms with van der Waals surface area (Å²) in [6, 6.07) is 5.61. The summed E-state index contributed by atoms with van der Waals surface area (Å²) >= 11 is 0. The third-order valence-electron chi connectivity index (χ3n) is 5.38. The van der Waals surface area contributed by atoms with Crippen LogP contribution in [0.1, 0.15) is 51.1 Å². The van der Waals surface area contributed by atoms with Gasteiger partial charge in [-0.15, -0.1) is 0 Å². The number of pyridine rings is 1. The number of halogens is 2. The number of aliphatic imine (C=N–C) groups is 1. The topological polar surface area (TPSA) is 96.8 Å². The first-order valence-electron chi connectivity index (χ1n) is 10.2. The molecule has 4 N–H and O–H groups in total. The first-order chi connectivity index (χ1) is 14.4. The quantitative estimate of drug-likeness (QED) is 0.474. The number of carbonyl (C=O) groups excluding carboxylic acids is 1. The average molecular weight is 418 g/mol. The fourth-order valence-corrected chi connectivity index (χ4v) is 3.71. The third kappa shape index (κ3) is 4.95. The lowest BCUT2D eigenvalue weighted by molar-refractivity contribution is -0.117. The minimum absolute atomic E-state index is 0.0648. The van der Waals surface area contributed by atoms with Crippen LogP contribution >= 0.6 is 0 Å². The molecule has 0 spiro atoms. The lowest BCUT2D eigenvalue weighted by Gasteiger charge is -2.30. The highest BCUT2D eigenvalue weighted by molar-refractivity contribution is 6.12. The average Bonchev–Trinajstić information content (AvgIpc) is 3.18. The number of amides is 1. The second-order valence-electron chi connectivity index (χ2n) is 7.45. The molecule has 1 aliphatic rings. The maximum Gasteiger partial charge on any atom is 0.281 e. The predicted octanol–water partition coefficient (Wildman–Crippen LogP) is 3.43. The Morgan fingerprint density at radius 1 is 1.33 bits per heavy atom. The van der Waals surface area contributed by atoms with Crippen molar-refractivity contribution in [1.82, 2.24) is 14.7 Å². The normalized spacial score (nSPS) is 20.6. The largest absolute Gasteiger partial charge is 0.401 e. The van der Waals surface area contributed by atoms with Crippen molar-refractivity contribution >= 4 is 23.6 Å². The van der Waals surface area contributed by atoms with Crippen LogP contribution in [0.15, 0.2) is 40.7 Å². The molecule has 0 radical (unpaired) electrons. The number of carbonyl (C=O) groups is 1. The molecule has 2 heterocycles. The Bertz CT molecular complexity index is 944. The Morgan fingerprint density at radius 2 is 2.03 bits per heavy atom. The zero-order valence-electron chi connectivity index (χ0n) is 17.2. The minimum atomic E-state index is -2.60. The van der Waals surface area contributed by atoms with Crippen LogP contribution in [0.4, 0.5) is 14.6 Å². The maximum atomic E-state index is 13.0. The molecule has 7 nitrogen and oxygen atoms in total. The van der Waals surface area contributed by atoms with E-state index in [2.05, 4.69) is 20.6 Å². The Labute approximate surface area is 174 Å². The van der Waals surface area contributed by atoms with Gasteiger partial charge in [0.25, 0.3) is 12.3 Å². The number of imidazole rings is 1. The number of allylic oxidation sites excluding steroid dienone is 1. The standard InChI is InChI=1S/C21H28F2N6O/c1-3-16(24)15(11-25-2)21(30)27-14-9-7-13(8-10-14)26-18-5-4-6-19-28-17(20(22)23)12-29(18)19/h4-6,11-14,20,26H,3,7-10,24H2,1-2H3,(H,27,30)/b16-15+,25-11?. The highest BCUT2D eigenvalue weighted by Gasteiger charge is 2.24. The SMILES string of the molecule is CC/C(N)=C(/C=NC)C(=O)NC1CCC(Nc2cccc3nc(C(F)F)cn23)CC1. The van der Waals surface area contributed by atoms with Crippen LogP contribution in [-0.2, 0) is 4.79 Å². The molecule has 3 rings (SSSR count). The van der Waals surface area contributed by atoms with Crippen LogP contribution in [0.25, 0.3) is 5.65 Å². The molecule has 0 aromatic carbocycles. The highest BCUT2D eigenvalue weighted by atomic mass is 19.3. The fraction of sp³-hybridized carbons (Fsp3) is 0.476. The monoisotopic (exact) mass is 418 g/mol. The number of fused-ring (bicyclic) bond motifs is 1. The summed E-state index contributed by atoms with van der Waals surface area (Å²) in [5.41, 5.74) is 7.14. The van der Waals surface area contributed by atoms with Crippen molar-refractivity contribution in [1.29, 1.82) is 0 Å². The molecule has 0 atom stereocenters. The molecule has 1 aliphatic carbocycles. The number of nitrogens with zero attached hydrogens (tertiary/aromatic N) is 3. The Balaban J connectivity index is 1.60. The minimum Gasteiger partial charge on any atom is -0.401 e. The maximum absolute atomic E-state index is 13.0. The van der Waals surface area contributed by atoms with Gasteiger partial charge < -0.3 is 16.4 Å². The molecule has 0 aliphatic heterocycles. The van der Waals surface area contributed by atoms with E-state index in [1.54, 1.807) is 23.6 Å². The van der Waals surface area contributed by atoms with Crippen molar-refractivity contribution in [2.45, 2.75) is 57.5 Å². The van der Waals surface area contributed by atoms with Gasteiger partial charge in [-0.1, -0.05) is 13.0 Å². The van der Waals surface area contributed by atoms with E-state index in [1.165, 1.54) is 12.4 Å². The Hall–Kier alpha value is -2.97. The summed E-state index contributed by atoms with van der Waals surface area (Å²) in [5, 5.41) is 6.49. The second kappa shape index (κ2) is 9.69. The van der Waals surface area contributed by atoms with Crippen LogP contribution in [0.5, 0.6) is 0 Å². The molecule has 30 heavy (non-hydrogen) atoms. The lowest BCUT2D eigenvalue weighted by atomic mass is 9.91. The van der Waals surface area contributed by atoms with E-state index < -0.39 is 6.43 Å². The molecule has 1 amide bonds. The highest BCUT2D eigenvalue weighted by Crippen LogP contribution is 2.25. The van der Waals surface area contributed by atoms with Crippen LogP contribution < -0.4 is 16.4 Å². The van der Waals surface area contributed by atoms with Gasteiger partial charge in [-0.05, 0) is 44.2 Å². The van der Waals surface area contributed by atoms with Crippen molar-refractivity contribution in [3.05, 3.63) is 41.4 Å². The number of aromatic nitrogens is 2. The summed E-state index contributed by atoms with van der Waals surface area (Å²) in [4.78, 5) is 20.4. The van der Waals surface area contributed by atoms with E-state index in [9.17, 15) is 13.6 Å². The number of anilines is 1. The number of nitrogens with two attached hydrogens (primary N) is 1. The molecular weight excluding hydrogens is 390 g/mol. The second-order valence-corrected chi connectivity index (χ2v) is 7.45. The lowest BCUT2D eigenvalue weighted by Crippen LogP contribution is -2.41. The molecule has 2 aromatic rings. The number of hydrogen-bond acceptors (Lipinski definition) is 5. The molecule has 0 saturated heterocycles. The van der Waals surface area contributed by atoms with Crippen molar-refractivity contribution in [3.8, 4) is 0 Å². The molecule has 1 fully saturated rings. The van der Waals surface area contributed by atoms with E-state index in [4.69, 9.17) is 5.73 Å². The number of nitrogens with one attached hydrogen (secondary N) is 2. The summed E-state index contributed by atoms with van der Waals surface area (Å²) in [6.45, 7) is 1.90. The molecule has 0 bridgehead atoms. The smallest absolute Gasteiger partial charge is 0.281 e. The summed E-state index contributed by atoms with van der Waals surface area (Å²) in [6.07, 6.45) is 4.18. The fourth-order valence-electron chi connectivity index (χ4n) is 3.71. The van der Waals surface area contributed by atoms with Crippen molar-refractivity contribution in [3.63, 3.8) is 0 Å². The molecular formula is C21H28F2N6O. The van der Waals surface area contributed by atoms with E-state index in [0.717, 1.165) is 31.5 Å². The van der Waals surface area contributed by atoms with Crippen LogP contribution in [0.3, 0.4) is 0 Å². The Kier molecular flexibility index (Phi) is 7.02. The molecule has 162 valence electrons. The van der Waals surface area contributed by atoms with E-state index in [1.807, 2.05) is 13.0 Å². The van der Waals surface area contributed by atoms with Gasteiger partial charge in [-0.2, -0.15) is 0 Å². The van der Waals surface area contributed by atoms with Gasteiger partial charge in [0.1, 0.15) is 17.2 Å². The molecule has 1 saturated carbocycles. The van der Waals surface area contributed by atoms with Gasteiger partial charge in [0, 0.05) is 37.2 Å². The van der Waals surface area contributed by atoms with Crippen LogP contribution in [0.2, 0.25) is 0 Å². The first kappa shape index (κ1) is 21.7. The van der Waals surface area contributed by atoms with Gasteiger partial charge in [0.15, 0.2) is 0 Å². The predicted molar refractivity (Wildman–Crippen MR) is 114 cm³/mol. The molecule has 0 unspecified atom stereocenters. The summed E-state index contributed by atoms with van der Waals surface area (Å²) < 4.78 is 27.6. The zero-order valence-corrected chi connectivity index (χ0v) is 17.2. The van der Waals surface area contributed by atoms with E-state index >= 15 is 0 Å². The van der Waals surface area contributed by atoms with Gasteiger partial charge in [-0.3, -0.25) is 14.2 Å². The number of alkyl halides is 2.